The Morgan fingerprint density at radius 1 is 1.03 bits per heavy atom. The number of carbonyl (C=O) groups excluding carboxylic acids is 2. The lowest BCUT2D eigenvalue weighted by Crippen LogP contribution is -2.52. The molecule has 0 saturated carbocycles. The Balaban J connectivity index is 2.87. The Morgan fingerprint density at radius 2 is 1.62 bits per heavy atom. The SMILES string of the molecule is CCOC(=O)[C@H](CCSC)NC(=O)[C@H](CCSC)NS(=O)(=O)Cc1ccccc1. The van der Waals surface area contributed by atoms with Crippen LogP contribution in [0.3, 0.4) is 0 Å². The van der Waals surface area contributed by atoms with E-state index in [2.05, 4.69) is 10.0 Å². The normalized spacial score (nSPS) is 13.5. The average molecular weight is 463 g/mol. The highest BCUT2D eigenvalue weighted by molar-refractivity contribution is 7.98. The summed E-state index contributed by atoms with van der Waals surface area (Å²) in [5.74, 6) is 0.0188. The molecule has 1 amide bonds. The molecule has 0 aliphatic carbocycles. The molecule has 0 aromatic heterocycles. The summed E-state index contributed by atoms with van der Waals surface area (Å²) in [5, 5.41) is 2.67. The number of carbonyl (C=O) groups is 2. The molecular formula is C19H30N2O5S3. The van der Waals surface area contributed by atoms with E-state index in [1.807, 2.05) is 18.6 Å². The average Bonchev–Trinajstić information content (AvgIpc) is 2.68. The van der Waals surface area contributed by atoms with Gasteiger partial charge in [0.15, 0.2) is 0 Å². The first-order valence-corrected chi connectivity index (χ1v) is 13.8. The van der Waals surface area contributed by atoms with Gasteiger partial charge in [-0.05, 0) is 49.3 Å². The second kappa shape index (κ2) is 13.9. The van der Waals surface area contributed by atoms with Gasteiger partial charge in [0.05, 0.1) is 12.4 Å². The first-order chi connectivity index (χ1) is 13.8. The number of hydrogen-bond donors (Lipinski definition) is 2. The van der Waals surface area contributed by atoms with Crippen LogP contribution in [0.15, 0.2) is 30.3 Å². The standard InChI is InChI=1S/C19H30N2O5S3/c1-4-26-19(23)17(11-13-28-3)20-18(22)16(10-12-27-2)21-29(24,25)14-15-8-6-5-7-9-15/h5-9,16-17,21H,4,10-14H2,1-3H3,(H,20,22)/t16-,17-/m0/s1. The van der Waals surface area contributed by atoms with Crippen LogP contribution in [0.5, 0.6) is 0 Å². The van der Waals surface area contributed by atoms with Crippen molar-refractivity contribution in [3.05, 3.63) is 35.9 Å². The third-order valence-electron chi connectivity index (χ3n) is 3.95. The van der Waals surface area contributed by atoms with Crippen molar-refractivity contribution in [2.24, 2.45) is 0 Å². The number of rotatable bonds is 14. The lowest BCUT2D eigenvalue weighted by molar-refractivity contribution is -0.147. The molecule has 29 heavy (non-hydrogen) atoms. The fourth-order valence-corrected chi connectivity index (χ4v) is 4.85. The molecule has 2 N–H and O–H groups in total. The maximum Gasteiger partial charge on any atom is 0.328 e. The topological polar surface area (TPSA) is 102 Å². The molecule has 0 radical (unpaired) electrons. The Bertz CT molecular complexity index is 729. The van der Waals surface area contributed by atoms with Crippen LogP contribution in [0.25, 0.3) is 0 Å². The summed E-state index contributed by atoms with van der Waals surface area (Å²) in [6.45, 7) is 1.91. The largest absolute Gasteiger partial charge is 0.464 e. The lowest BCUT2D eigenvalue weighted by Gasteiger charge is -2.22. The van der Waals surface area contributed by atoms with E-state index in [9.17, 15) is 18.0 Å². The molecule has 1 aromatic rings. The van der Waals surface area contributed by atoms with Crippen LogP contribution < -0.4 is 10.0 Å². The molecule has 0 saturated heterocycles. The summed E-state index contributed by atoms with van der Waals surface area (Å²) in [6.07, 6.45) is 4.52. The molecule has 1 rings (SSSR count). The molecule has 7 nitrogen and oxygen atoms in total. The molecule has 0 bridgehead atoms. The second-order valence-corrected chi connectivity index (χ2v) is 10.0. The minimum absolute atomic E-state index is 0.212. The lowest BCUT2D eigenvalue weighted by atomic mass is 10.1. The highest BCUT2D eigenvalue weighted by Crippen LogP contribution is 2.09. The van der Waals surface area contributed by atoms with Crippen molar-refractivity contribution in [1.29, 1.82) is 0 Å². The Kier molecular flexibility index (Phi) is 12.4. The molecule has 0 fully saturated rings. The molecule has 0 unspecified atom stereocenters. The van der Waals surface area contributed by atoms with Crippen molar-refractivity contribution in [3.63, 3.8) is 0 Å². The van der Waals surface area contributed by atoms with Gasteiger partial charge in [-0.15, -0.1) is 0 Å². The van der Waals surface area contributed by atoms with Gasteiger partial charge in [-0.3, -0.25) is 4.79 Å². The van der Waals surface area contributed by atoms with E-state index in [1.54, 1.807) is 43.0 Å². The van der Waals surface area contributed by atoms with Crippen LogP contribution in [-0.4, -0.2) is 63.0 Å². The van der Waals surface area contributed by atoms with E-state index in [-0.39, 0.29) is 12.4 Å². The van der Waals surface area contributed by atoms with Crippen LogP contribution in [0.4, 0.5) is 0 Å². The van der Waals surface area contributed by atoms with Gasteiger partial charge in [0.25, 0.3) is 0 Å². The Hall–Kier alpha value is -1.23. The first-order valence-electron chi connectivity index (χ1n) is 9.31. The zero-order chi connectivity index (χ0) is 21.7. The smallest absolute Gasteiger partial charge is 0.328 e. The fourth-order valence-electron chi connectivity index (χ4n) is 2.53. The van der Waals surface area contributed by atoms with E-state index in [4.69, 9.17) is 4.74 Å². The van der Waals surface area contributed by atoms with Crippen molar-refractivity contribution in [2.45, 2.75) is 37.6 Å². The number of hydrogen-bond acceptors (Lipinski definition) is 7. The maximum atomic E-state index is 12.8. The van der Waals surface area contributed by atoms with Crippen molar-refractivity contribution in [2.75, 3.05) is 30.6 Å². The zero-order valence-electron chi connectivity index (χ0n) is 17.1. The molecule has 0 heterocycles. The first kappa shape index (κ1) is 25.8. The molecule has 164 valence electrons. The second-order valence-electron chi connectivity index (χ2n) is 6.29. The van der Waals surface area contributed by atoms with E-state index < -0.39 is 34.0 Å². The summed E-state index contributed by atoms with van der Waals surface area (Å²) in [5.41, 5.74) is 0.633. The number of esters is 1. The predicted octanol–water partition coefficient (Wildman–Crippen LogP) is 2.03. The van der Waals surface area contributed by atoms with Crippen LogP contribution in [0.1, 0.15) is 25.3 Å². The molecule has 0 spiro atoms. The highest BCUT2D eigenvalue weighted by Gasteiger charge is 2.29. The molecular weight excluding hydrogens is 432 g/mol. The van der Waals surface area contributed by atoms with Crippen LogP contribution >= 0.6 is 23.5 Å². The molecule has 10 heteroatoms. The highest BCUT2D eigenvalue weighted by atomic mass is 32.2. The maximum absolute atomic E-state index is 12.8. The van der Waals surface area contributed by atoms with Crippen molar-refractivity contribution in [3.8, 4) is 0 Å². The number of amides is 1. The Labute approximate surface area is 182 Å². The number of nitrogens with one attached hydrogen (secondary N) is 2. The van der Waals surface area contributed by atoms with E-state index >= 15 is 0 Å². The summed E-state index contributed by atoms with van der Waals surface area (Å²) in [7, 11) is -3.73. The van der Waals surface area contributed by atoms with Gasteiger partial charge >= 0.3 is 5.97 Å². The molecule has 0 aliphatic rings. The summed E-state index contributed by atoms with van der Waals surface area (Å²) in [6, 6.07) is 7.01. The number of thioether (sulfide) groups is 2. The number of sulfonamides is 1. The van der Waals surface area contributed by atoms with E-state index in [0.29, 0.717) is 29.9 Å². The summed E-state index contributed by atoms with van der Waals surface area (Å²) < 4.78 is 32.7. The van der Waals surface area contributed by atoms with Gasteiger partial charge in [-0.2, -0.15) is 23.5 Å². The van der Waals surface area contributed by atoms with Crippen LogP contribution in [0.2, 0.25) is 0 Å². The van der Waals surface area contributed by atoms with Crippen molar-refractivity contribution < 1.29 is 22.7 Å². The zero-order valence-corrected chi connectivity index (χ0v) is 19.5. The summed E-state index contributed by atoms with van der Waals surface area (Å²) >= 11 is 3.07. The fraction of sp³-hybridized carbons (Fsp3) is 0.579. The van der Waals surface area contributed by atoms with Crippen molar-refractivity contribution >= 4 is 45.4 Å². The van der Waals surface area contributed by atoms with E-state index in [0.717, 1.165) is 0 Å². The van der Waals surface area contributed by atoms with Gasteiger partial charge in [-0.25, -0.2) is 17.9 Å². The van der Waals surface area contributed by atoms with Gasteiger partial charge in [0.2, 0.25) is 15.9 Å². The van der Waals surface area contributed by atoms with Gasteiger partial charge < -0.3 is 10.1 Å². The molecule has 1 aromatic carbocycles. The van der Waals surface area contributed by atoms with Gasteiger partial charge in [-0.1, -0.05) is 30.3 Å². The molecule has 0 aliphatic heterocycles. The van der Waals surface area contributed by atoms with E-state index in [1.165, 1.54) is 11.8 Å². The predicted molar refractivity (Wildman–Crippen MR) is 121 cm³/mol. The van der Waals surface area contributed by atoms with Gasteiger partial charge in [0.1, 0.15) is 12.1 Å². The number of benzene rings is 1. The summed E-state index contributed by atoms with van der Waals surface area (Å²) in [4.78, 5) is 25.0. The number of ether oxygens (including phenoxy) is 1. The van der Waals surface area contributed by atoms with Crippen LogP contribution in [0, 0.1) is 0 Å². The Morgan fingerprint density at radius 3 is 2.17 bits per heavy atom. The monoisotopic (exact) mass is 462 g/mol. The quantitative estimate of drug-likeness (QED) is 0.408. The third-order valence-corrected chi connectivity index (χ3v) is 6.59. The van der Waals surface area contributed by atoms with Gasteiger partial charge in [0, 0.05) is 0 Å². The minimum atomic E-state index is -3.73. The molecule has 2 atom stereocenters. The van der Waals surface area contributed by atoms with Crippen LogP contribution in [-0.2, 0) is 30.1 Å². The minimum Gasteiger partial charge on any atom is -0.464 e. The van der Waals surface area contributed by atoms with Crippen molar-refractivity contribution in [1.82, 2.24) is 10.0 Å². The third kappa shape index (κ3) is 10.4.